The molecule has 0 aromatic heterocycles. The lowest BCUT2D eigenvalue weighted by atomic mass is 10.2. The minimum absolute atomic E-state index is 0.00694. The third-order valence-corrected chi connectivity index (χ3v) is 2.36. The standard InChI is InChI=1S/C10H14O.C6H10O2/c1-10(2,3)11-9-7-5-4-6-8-9;1-2-8-6(7)5-3-4-5/h4-8H,1-3H3;5H,2-4H2,1H3. The van der Waals surface area contributed by atoms with Crippen molar-refractivity contribution in [3.8, 4) is 5.75 Å². The fraction of sp³-hybridized carbons (Fsp3) is 0.562. The Labute approximate surface area is 115 Å². The van der Waals surface area contributed by atoms with Crippen LogP contribution in [0.3, 0.4) is 0 Å². The van der Waals surface area contributed by atoms with E-state index in [1.807, 2.05) is 58.0 Å². The highest BCUT2D eigenvalue weighted by Gasteiger charge is 2.30. The first kappa shape index (κ1) is 15.5. The van der Waals surface area contributed by atoms with Gasteiger partial charge < -0.3 is 9.47 Å². The molecule has 0 bridgehead atoms. The molecular weight excluding hydrogens is 240 g/mol. The third kappa shape index (κ3) is 7.50. The zero-order valence-corrected chi connectivity index (χ0v) is 12.3. The maximum atomic E-state index is 10.6. The van der Waals surface area contributed by atoms with Crippen molar-refractivity contribution in [3.05, 3.63) is 30.3 Å². The Morgan fingerprint density at radius 1 is 1.21 bits per heavy atom. The van der Waals surface area contributed by atoms with Crippen LogP contribution in [0.15, 0.2) is 30.3 Å². The zero-order valence-electron chi connectivity index (χ0n) is 12.3. The van der Waals surface area contributed by atoms with E-state index in [1.165, 1.54) is 0 Å². The van der Waals surface area contributed by atoms with E-state index in [2.05, 4.69) is 0 Å². The molecule has 0 unspecified atom stereocenters. The summed E-state index contributed by atoms with van der Waals surface area (Å²) in [5.74, 6) is 1.18. The highest BCUT2D eigenvalue weighted by Crippen LogP contribution is 2.29. The van der Waals surface area contributed by atoms with Crippen molar-refractivity contribution >= 4 is 5.97 Å². The van der Waals surface area contributed by atoms with Crippen molar-refractivity contribution < 1.29 is 14.3 Å². The number of rotatable bonds is 3. The van der Waals surface area contributed by atoms with E-state index in [4.69, 9.17) is 9.47 Å². The predicted octanol–water partition coefficient (Wildman–Crippen LogP) is 3.82. The lowest BCUT2D eigenvalue weighted by Gasteiger charge is -2.20. The average Bonchev–Trinajstić information content (AvgIpc) is 3.13. The van der Waals surface area contributed by atoms with Crippen LogP contribution in [-0.2, 0) is 9.53 Å². The predicted molar refractivity (Wildman–Crippen MR) is 76.2 cm³/mol. The smallest absolute Gasteiger partial charge is 0.308 e. The van der Waals surface area contributed by atoms with Crippen molar-refractivity contribution in [1.29, 1.82) is 0 Å². The number of hydrogen-bond acceptors (Lipinski definition) is 3. The molecule has 0 N–H and O–H groups in total. The molecule has 1 fully saturated rings. The number of carbonyl (C=O) groups is 1. The molecule has 1 aromatic carbocycles. The van der Waals surface area contributed by atoms with E-state index in [9.17, 15) is 4.79 Å². The monoisotopic (exact) mass is 264 g/mol. The van der Waals surface area contributed by atoms with Crippen LogP contribution in [0.5, 0.6) is 5.75 Å². The molecule has 0 aliphatic heterocycles. The first-order chi connectivity index (χ1) is 8.92. The molecule has 1 aliphatic carbocycles. The molecule has 0 saturated heterocycles. The molecule has 0 amide bonds. The second-order valence-corrected chi connectivity index (χ2v) is 5.55. The van der Waals surface area contributed by atoms with E-state index >= 15 is 0 Å². The normalized spacial score (nSPS) is 14.1. The number of ether oxygens (including phenoxy) is 2. The maximum Gasteiger partial charge on any atom is 0.308 e. The first-order valence-electron chi connectivity index (χ1n) is 6.83. The Hall–Kier alpha value is -1.51. The molecule has 0 atom stereocenters. The Bertz CT molecular complexity index is 375. The molecule has 3 heteroatoms. The van der Waals surface area contributed by atoms with Crippen molar-refractivity contribution in [2.75, 3.05) is 6.61 Å². The summed E-state index contributed by atoms with van der Waals surface area (Å²) >= 11 is 0. The van der Waals surface area contributed by atoms with Gasteiger partial charge in [0.1, 0.15) is 11.4 Å². The van der Waals surface area contributed by atoms with Crippen LogP contribution in [0.2, 0.25) is 0 Å². The van der Waals surface area contributed by atoms with Gasteiger partial charge in [-0.3, -0.25) is 4.79 Å². The minimum Gasteiger partial charge on any atom is -0.488 e. The van der Waals surface area contributed by atoms with Gasteiger partial charge in [-0.2, -0.15) is 0 Å². The molecule has 2 rings (SSSR count). The van der Waals surface area contributed by atoms with Gasteiger partial charge in [-0.05, 0) is 52.7 Å². The van der Waals surface area contributed by atoms with Crippen LogP contribution in [0.1, 0.15) is 40.5 Å². The van der Waals surface area contributed by atoms with Crippen LogP contribution in [0, 0.1) is 5.92 Å². The van der Waals surface area contributed by atoms with Crippen molar-refractivity contribution in [1.82, 2.24) is 0 Å². The summed E-state index contributed by atoms with van der Waals surface area (Å²) in [4.78, 5) is 10.6. The van der Waals surface area contributed by atoms with Crippen LogP contribution in [0.4, 0.5) is 0 Å². The van der Waals surface area contributed by atoms with E-state index in [1.54, 1.807) is 0 Å². The molecule has 1 aliphatic rings. The quantitative estimate of drug-likeness (QED) is 0.778. The van der Waals surface area contributed by atoms with Gasteiger partial charge in [-0.1, -0.05) is 18.2 Å². The molecule has 1 saturated carbocycles. The summed E-state index contributed by atoms with van der Waals surface area (Å²) in [6.07, 6.45) is 2.08. The van der Waals surface area contributed by atoms with Crippen molar-refractivity contribution in [2.24, 2.45) is 5.92 Å². The Morgan fingerprint density at radius 3 is 2.21 bits per heavy atom. The molecule has 19 heavy (non-hydrogen) atoms. The summed E-state index contributed by atoms with van der Waals surface area (Å²) < 4.78 is 10.3. The van der Waals surface area contributed by atoms with E-state index in [-0.39, 0.29) is 17.5 Å². The first-order valence-corrected chi connectivity index (χ1v) is 6.83. The average molecular weight is 264 g/mol. The van der Waals surface area contributed by atoms with Crippen LogP contribution in [-0.4, -0.2) is 18.2 Å². The summed E-state index contributed by atoms with van der Waals surface area (Å²) in [5.41, 5.74) is -0.0959. The number of carbonyl (C=O) groups excluding carboxylic acids is 1. The summed E-state index contributed by atoms with van der Waals surface area (Å²) in [6.45, 7) is 8.48. The highest BCUT2D eigenvalue weighted by molar-refractivity contribution is 5.74. The zero-order chi connectivity index (χ0) is 14.3. The molecule has 0 radical (unpaired) electrons. The summed E-state index contributed by atoms with van der Waals surface area (Å²) in [5, 5.41) is 0. The van der Waals surface area contributed by atoms with Crippen LogP contribution >= 0.6 is 0 Å². The number of para-hydroxylation sites is 1. The largest absolute Gasteiger partial charge is 0.488 e. The van der Waals surface area contributed by atoms with E-state index in [0.717, 1.165) is 18.6 Å². The topological polar surface area (TPSA) is 35.5 Å². The summed E-state index contributed by atoms with van der Waals surface area (Å²) in [7, 11) is 0. The number of benzene rings is 1. The number of esters is 1. The fourth-order valence-corrected chi connectivity index (χ4v) is 1.42. The second-order valence-electron chi connectivity index (χ2n) is 5.55. The SMILES string of the molecule is CC(C)(C)Oc1ccccc1.CCOC(=O)C1CC1. The third-order valence-electron chi connectivity index (χ3n) is 2.36. The maximum absolute atomic E-state index is 10.6. The molecule has 106 valence electrons. The Morgan fingerprint density at radius 2 is 1.79 bits per heavy atom. The Kier molecular flexibility index (Phi) is 5.87. The van der Waals surface area contributed by atoms with Gasteiger partial charge in [0.2, 0.25) is 0 Å². The van der Waals surface area contributed by atoms with Crippen molar-refractivity contribution in [3.63, 3.8) is 0 Å². The molecule has 0 heterocycles. The lowest BCUT2D eigenvalue weighted by Crippen LogP contribution is -2.22. The second kappa shape index (κ2) is 7.17. The fourth-order valence-electron chi connectivity index (χ4n) is 1.42. The van der Waals surface area contributed by atoms with Gasteiger partial charge in [0, 0.05) is 0 Å². The summed E-state index contributed by atoms with van der Waals surface area (Å²) in [6, 6.07) is 9.86. The van der Waals surface area contributed by atoms with Crippen LogP contribution < -0.4 is 4.74 Å². The van der Waals surface area contributed by atoms with Gasteiger partial charge >= 0.3 is 5.97 Å². The number of hydrogen-bond donors (Lipinski definition) is 0. The van der Waals surface area contributed by atoms with Gasteiger partial charge in [-0.25, -0.2) is 0 Å². The Balaban J connectivity index is 0.000000200. The molecule has 3 nitrogen and oxygen atoms in total. The van der Waals surface area contributed by atoms with Gasteiger partial charge in [0.05, 0.1) is 12.5 Å². The molecule has 0 spiro atoms. The van der Waals surface area contributed by atoms with Crippen LogP contribution in [0.25, 0.3) is 0 Å². The molecule has 1 aromatic rings. The van der Waals surface area contributed by atoms with Gasteiger partial charge in [0.15, 0.2) is 0 Å². The minimum atomic E-state index is -0.0959. The van der Waals surface area contributed by atoms with Crippen molar-refractivity contribution in [2.45, 2.75) is 46.1 Å². The van der Waals surface area contributed by atoms with Gasteiger partial charge in [0.25, 0.3) is 0 Å². The van der Waals surface area contributed by atoms with E-state index in [0.29, 0.717) is 6.61 Å². The molecular formula is C16H24O3. The highest BCUT2D eigenvalue weighted by atomic mass is 16.5. The lowest BCUT2D eigenvalue weighted by molar-refractivity contribution is -0.144. The van der Waals surface area contributed by atoms with Gasteiger partial charge in [-0.15, -0.1) is 0 Å². The van der Waals surface area contributed by atoms with E-state index < -0.39 is 0 Å².